The molecule has 0 N–H and O–H groups in total. The zero-order chi connectivity index (χ0) is 14.1. The number of fused-ring (bicyclic) bond motifs is 3. The van der Waals surface area contributed by atoms with E-state index in [1.54, 1.807) is 20.8 Å². The lowest BCUT2D eigenvalue weighted by Crippen LogP contribution is -2.66. The number of esters is 1. The fraction of sp³-hybridized carbons (Fsp3) is 0.923. The molecule has 0 aromatic rings. The number of hydrogen-bond donors (Lipinski definition) is 0. The molecule has 0 aromatic heterocycles. The quantitative estimate of drug-likeness (QED) is 0.612. The Morgan fingerprint density at radius 3 is 2.42 bits per heavy atom. The highest BCUT2D eigenvalue weighted by molar-refractivity contribution is 5.82. The molecule has 6 heteroatoms. The molecule has 0 aliphatic carbocycles. The zero-order valence-electron chi connectivity index (χ0n) is 11.9. The van der Waals surface area contributed by atoms with Gasteiger partial charge in [-0.15, -0.1) is 0 Å². The average Bonchev–Trinajstić information content (AvgIpc) is 2.51. The van der Waals surface area contributed by atoms with Crippen LogP contribution < -0.4 is 0 Å². The van der Waals surface area contributed by atoms with Gasteiger partial charge in [0.2, 0.25) is 0 Å². The van der Waals surface area contributed by atoms with Crippen molar-refractivity contribution in [3.8, 4) is 0 Å². The van der Waals surface area contributed by atoms with E-state index < -0.39 is 35.4 Å². The summed E-state index contributed by atoms with van der Waals surface area (Å²) >= 11 is 0. The first-order valence-corrected chi connectivity index (χ1v) is 6.54. The summed E-state index contributed by atoms with van der Waals surface area (Å²) in [6, 6.07) is 0. The van der Waals surface area contributed by atoms with Gasteiger partial charge in [-0.2, -0.15) is 0 Å². The molecule has 0 radical (unpaired) electrons. The predicted octanol–water partition coefficient (Wildman–Crippen LogP) is 0.973. The second kappa shape index (κ2) is 3.69. The molecule has 0 saturated carbocycles. The van der Waals surface area contributed by atoms with Crippen LogP contribution in [0.1, 0.15) is 34.6 Å². The number of hydrogen-bond acceptors (Lipinski definition) is 6. The maximum Gasteiger partial charge on any atom is 0.341 e. The molecule has 3 saturated heterocycles. The molecule has 0 aromatic carbocycles. The molecule has 19 heavy (non-hydrogen) atoms. The normalized spacial score (nSPS) is 47.2. The van der Waals surface area contributed by atoms with Crippen LogP contribution in [-0.4, -0.2) is 48.1 Å². The minimum absolute atomic E-state index is 0.305. The van der Waals surface area contributed by atoms with E-state index in [9.17, 15) is 4.79 Å². The second-order valence-corrected chi connectivity index (χ2v) is 6.38. The average molecular weight is 272 g/mol. The lowest BCUT2D eigenvalue weighted by Gasteiger charge is -2.47. The highest BCUT2D eigenvalue weighted by Crippen LogP contribution is 2.45. The van der Waals surface area contributed by atoms with Gasteiger partial charge >= 0.3 is 5.97 Å². The summed E-state index contributed by atoms with van der Waals surface area (Å²) < 4.78 is 28.5. The van der Waals surface area contributed by atoms with Crippen LogP contribution in [0.25, 0.3) is 0 Å². The number of ether oxygens (including phenoxy) is 5. The highest BCUT2D eigenvalue weighted by atomic mass is 16.8. The molecule has 0 spiro atoms. The summed E-state index contributed by atoms with van der Waals surface area (Å²) in [5.41, 5.74) is -1.13. The molecule has 0 amide bonds. The van der Waals surface area contributed by atoms with Crippen LogP contribution in [0.15, 0.2) is 0 Å². The van der Waals surface area contributed by atoms with E-state index in [1.807, 2.05) is 13.8 Å². The van der Waals surface area contributed by atoms with Gasteiger partial charge in [0.1, 0.15) is 12.2 Å². The Balaban J connectivity index is 1.94. The standard InChI is InChI=1S/C13H20O6/c1-11(2)15-6-7-8(17-11)9-13(5,10(14)16-7)19-12(3,4)18-9/h7-9H,6H2,1-5H3/t7-,8+,9+,13+/m1/s1. The number of rotatable bonds is 0. The fourth-order valence-corrected chi connectivity index (χ4v) is 2.98. The van der Waals surface area contributed by atoms with E-state index in [1.165, 1.54) is 0 Å². The van der Waals surface area contributed by atoms with Crippen molar-refractivity contribution in [2.45, 2.75) is 70.1 Å². The summed E-state index contributed by atoms with van der Waals surface area (Å²) in [5.74, 6) is -1.97. The van der Waals surface area contributed by atoms with Gasteiger partial charge in [-0.25, -0.2) is 4.79 Å². The molecule has 3 rings (SSSR count). The third-order valence-corrected chi connectivity index (χ3v) is 3.76. The van der Waals surface area contributed by atoms with Crippen LogP contribution in [0.2, 0.25) is 0 Å². The summed E-state index contributed by atoms with van der Waals surface area (Å²) in [4.78, 5) is 12.2. The molecule has 3 fully saturated rings. The first-order valence-electron chi connectivity index (χ1n) is 6.54. The van der Waals surface area contributed by atoms with Crippen molar-refractivity contribution in [3.05, 3.63) is 0 Å². The lowest BCUT2D eigenvalue weighted by atomic mass is 9.88. The fourth-order valence-electron chi connectivity index (χ4n) is 2.98. The number of carbonyl (C=O) groups excluding carboxylic acids is 1. The van der Waals surface area contributed by atoms with Crippen LogP contribution in [0.5, 0.6) is 0 Å². The highest BCUT2D eigenvalue weighted by Gasteiger charge is 2.65. The van der Waals surface area contributed by atoms with Crippen molar-refractivity contribution in [1.29, 1.82) is 0 Å². The maximum atomic E-state index is 12.2. The maximum absolute atomic E-state index is 12.2. The van der Waals surface area contributed by atoms with Crippen LogP contribution in [0.3, 0.4) is 0 Å². The first kappa shape index (κ1) is 13.3. The van der Waals surface area contributed by atoms with Crippen molar-refractivity contribution >= 4 is 5.97 Å². The molecule has 0 bridgehead atoms. The van der Waals surface area contributed by atoms with Crippen LogP contribution in [0, 0.1) is 0 Å². The number of carbonyl (C=O) groups is 1. The summed E-state index contributed by atoms with van der Waals surface area (Å²) in [6.07, 6.45) is -1.32. The Labute approximate surface area is 112 Å². The smallest absolute Gasteiger partial charge is 0.341 e. The van der Waals surface area contributed by atoms with E-state index in [-0.39, 0.29) is 6.10 Å². The van der Waals surface area contributed by atoms with Gasteiger partial charge < -0.3 is 23.7 Å². The molecular formula is C13H20O6. The summed E-state index contributed by atoms with van der Waals surface area (Å²) in [5, 5.41) is 0. The van der Waals surface area contributed by atoms with E-state index in [2.05, 4.69) is 0 Å². The van der Waals surface area contributed by atoms with Gasteiger partial charge in [0.25, 0.3) is 0 Å². The van der Waals surface area contributed by atoms with Crippen molar-refractivity contribution in [2.24, 2.45) is 0 Å². The molecule has 108 valence electrons. The van der Waals surface area contributed by atoms with Gasteiger partial charge in [0.05, 0.1) is 6.61 Å². The molecule has 4 atom stereocenters. The lowest BCUT2D eigenvalue weighted by molar-refractivity contribution is -0.335. The van der Waals surface area contributed by atoms with Gasteiger partial charge in [-0.05, 0) is 34.6 Å². The monoisotopic (exact) mass is 272 g/mol. The van der Waals surface area contributed by atoms with E-state index in [0.29, 0.717) is 6.61 Å². The van der Waals surface area contributed by atoms with Crippen molar-refractivity contribution in [3.63, 3.8) is 0 Å². The van der Waals surface area contributed by atoms with Crippen LogP contribution in [-0.2, 0) is 28.5 Å². The third kappa shape index (κ3) is 1.98. The topological polar surface area (TPSA) is 63.2 Å². The van der Waals surface area contributed by atoms with Crippen molar-refractivity contribution < 1.29 is 28.5 Å². The molecule has 3 heterocycles. The van der Waals surface area contributed by atoms with Crippen LogP contribution in [0.4, 0.5) is 0 Å². The van der Waals surface area contributed by atoms with Gasteiger partial charge in [0, 0.05) is 0 Å². The summed E-state index contributed by atoms with van der Waals surface area (Å²) in [7, 11) is 0. The van der Waals surface area contributed by atoms with Gasteiger partial charge in [0.15, 0.2) is 23.3 Å². The Morgan fingerprint density at radius 1 is 1.05 bits per heavy atom. The minimum atomic E-state index is -1.13. The third-order valence-electron chi connectivity index (χ3n) is 3.76. The van der Waals surface area contributed by atoms with E-state index >= 15 is 0 Å². The Bertz CT molecular complexity index is 417. The van der Waals surface area contributed by atoms with Crippen molar-refractivity contribution in [2.75, 3.05) is 6.61 Å². The Morgan fingerprint density at radius 2 is 1.74 bits per heavy atom. The summed E-state index contributed by atoms with van der Waals surface area (Å²) in [6.45, 7) is 9.22. The van der Waals surface area contributed by atoms with Gasteiger partial charge in [-0.1, -0.05) is 0 Å². The molecule has 3 aliphatic rings. The Hall–Kier alpha value is -0.690. The first-order chi connectivity index (χ1) is 8.63. The van der Waals surface area contributed by atoms with E-state index in [4.69, 9.17) is 23.7 Å². The second-order valence-electron chi connectivity index (χ2n) is 6.38. The minimum Gasteiger partial charge on any atom is -0.455 e. The predicted molar refractivity (Wildman–Crippen MR) is 63.2 cm³/mol. The molecule has 0 unspecified atom stereocenters. The SMILES string of the molecule is CC1(C)OC[C@H]2OC(=O)[C@@]3(C)OC(C)(C)O[C@H]3[C@H]2O1. The van der Waals surface area contributed by atoms with Crippen molar-refractivity contribution in [1.82, 2.24) is 0 Å². The molecule has 3 aliphatic heterocycles. The molecule has 6 nitrogen and oxygen atoms in total. The zero-order valence-corrected chi connectivity index (χ0v) is 11.9. The molecular weight excluding hydrogens is 252 g/mol. The van der Waals surface area contributed by atoms with E-state index in [0.717, 1.165) is 0 Å². The van der Waals surface area contributed by atoms with Gasteiger partial charge in [-0.3, -0.25) is 0 Å². The van der Waals surface area contributed by atoms with Crippen LogP contribution >= 0.6 is 0 Å². The largest absolute Gasteiger partial charge is 0.455 e. The Kier molecular flexibility index (Phi) is 2.59.